The van der Waals surface area contributed by atoms with Crippen molar-refractivity contribution in [1.29, 1.82) is 5.26 Å². The van der Waals surface area contributed by atoms with E-state index in [-0.39, 0.29) is 30.3 Å². The van der Waals surface area contributed by atoms with E-state index in [1.165, 1.54) is 4.90 Å². The summed E-state index contributed by atoms with van der Waals surface area (Å²) < 4.78 is 0. The zero-order chi connectivity index (χ0) is 18.0. The number of nitrogens with zero attached hydrogens (tertiary/aromatic N) is 2. The third-order valence-corrected chi connectivity index (χ3v) is 4.44. The normalized spacial score (nSPS) is 14.4. The molecule has 1 N–H and O–H groups in total. The molecule has 5 heteroatoms. The zero-order valence-electron chi connectivity index (χ0n) is 14.2. The zero-order valence-corrected chi connectivity index (χ0v) is 14.2. The van der Waals surface area contributed by atoms with Gasteiger partial charge in [-0.25, -0.2) is 0 Å². The van der Waals surface area contributed by atoms with Crippen LogP contribution >= 0.6 is 0 Å². The van der Waals surface area contributed by atoms with Crippen molar-refractivity contribution in [3.05, 3.63) is 70.8 Å². The van der Waals surface area contributed by atoms with E-state index in [1.807, 2.05) is 44.3 Å². The Kier molecular flexibility index (Phi) is 4.53. The summed E-state index contributed by atoms with van der Waals surface area (Å²) in [5, 5.41) is 11.7. The van der Waals surface area contributed by atoms with Crippen molar-refractivity contribution >= 4 is 11.8 Å². The molecule has 126 valence electrons. The summed E-state index contributed by atoms with van der Waals surface area (Å²) >= 11 is 0. The standard InChI is InChI=1S/C20H19N3O2/c1-13(2)18(22-12-21)15-9-7-14(8-10-15)11-23-19(24)16-5-3-4-6-17(16)20(23)25/h3-10,13,18,22H,11H2,1-2H3. The minimum atomic E-state index is -0.254. The molecule has 2 aromatic rings. The maximum atomic E-state index is 12.4. The van der Waals surface area contributed by atoms with Crippen LogP contribution in [0.2, 0.25) is 0 Å². The van der Waals surface area contributed by atoms with Gasteiger partial charge in [-0.1, -0.05) is 50.2 Å². The molecule has 0 aromatic heterocycles. The summed E-state index contributed by atoms with van der Waals surface area (Å²) in [7, 11) is 0. The Morgan fingerprint density at radius 1 is 1.00 bits per heavy atom. The van der Waals surface area contributed by atoms with Crippen LogP contribution < -0.4 is 5.32 Å². The first-order chi connectivity index (χ1) is 12.0. The molecule has 1 heterocycles. The predicted octanol–water partition coefficient (Wildman–Crippen LogP) is 3.25. The number of nitrogens with one attached hydrogen (secondary N) is 1. The van der Waals surface area contributed by atoms with Gasteiger partial charge >= 0.3 is 0 Å². The van der Waals surface area contributed by atoms with E-state index < -0.39 is 0 Å². The Labute approximate surface area is 146 Å². The predicted molar refractivity (Wildman–Crippen MR) is 93.4 cm³/mol. The molecule has 0 radical (unpaired) electrons. The van der Waals surface area contributed by atoms with Crippen LogP contribution in [0.15, 0.2) is 48.5 Å². The fourth-order valence-electron chi connectivity index (χ4n) is 3.10. The highest BCUT2D eigenvalue weighted by Gasteiger charge is 2.34. The Morgan fingerprint density at radius 2 is 1.56 bits per heavy atom. The molecule has 0 fully saturated rings. The third-order valence-electron chi connectivity index (χ3n) is 4.44. The molecule has 0 saturated heterocycles. The van der Waals surface area contributed by atoms with Gasteiger partial charge in [-0.05, 0) is 29.2 Å². The van der Waals surface area contributed by atoms with Crippen LogP contribution in [0.3, 0.4) is 0 Å². The highest BCUT2D eigenvalue weighted by Crippen LogP contribution is 2.26. The number of nitriles is 1. The first-order valence-electron chi connectivity index (χ1n) is 8.21. The van der Waals surface area contributed by atoms with Gasteiger partial charge in [-0.2, -0.15) is 5.26 Å². The largest absolute Gasteiger partial charge is 0.316 e. The summed E-state index contributed by atoms with van der Waals surface area (Å²) in [5.74, 6) is -0.242. The molecule has 2 aromatic carbocycles. The Balaban J connectivity index is 1.78. The van der Waals surface area contributed by atoms with E-state index in [9.17, 15) is 9.59 Å². The molecule has 5 nitrogen and oxygen atoms in total. The minimum Gasteiger partial charge on any atom is -0.316 e. The van der Waals surface area contributed by atoms with Crippen LogP contribution in [0.1, 0.15) is 51.7 Å². The van der Waals surface area contributed by atoms with E-state index >= 15 is 0 Å². The molecule has 1 aliphatic heterocycles. The number of carbonyl (C=O) groups excluding carboxylic acids is 2. The second kappa shape index (κ2) is 6.78. The molecular formula is C20H19N3O2. The molecule has 25 heavy (non-hydrogen) atoms. The van der Waals surface area contributed by atoms with Crippen molar-refractivity contribution in [3.8, 4) is 6.19 Å². The quantitative estimate of drug-likeness (QED) is 0.518. The SMILES string of the molecule is CC(C)C(NC#N)c1ccc(CN2C(=O)c3ccccc3C2=O)cc1. The van der Waals surface area contributed by atoms with Crippen molar-refractivity contribution < 1.29 is 9.59 Å². The average Bonchev–Trinajstić information content (AvgIpc) is 2.86. The first-order valence-corrected chi connectivity index (χ1v) is 8.21. The Morgan fingerprint density at radius 3 is 2.04 bits per heavy atom. The van der Waals surface area contributed by atoms with Gasteiger partial charge in [0.1, 0.15) is 0 Å². The van der Waals surface area contributed by atoms with E-state index in [0.29, 0.717) is 11.1 Å². The van der Waals surface area contributed by atoms with Crippen molar-refractivity contribution in [1.82, 2.24) is 10.2 Å². The van der Waals surface area contributed by atoms with Crippen molar-refractivity contribution in [2.24, 2.45) is 5.92 Å². The lowest BCUT2D eigenvalue weighted by Crippen LogP contribution is -2.29. The summed E-state index contributed by atoms with van der Waals surface area (Å²) in [5.41, 5.74) is 2.80. The number of imide groups is 1. The van der Waals surface area contributed by atoms with Crippen molar-refractivity contribution in [2.45, 2.75) is 26.4 Å². The Hall–Kier alpha value is -3.13. The highest BCUT2D eigenvalue weighted by molar-refractivity contribution is 6.21. The lowest BCUT2D eigenvalue weighted by Gasteiger charge is -2.20. The number of hydrogen-bond donors (Lipinski definition) is 1. The number of amides is 2. The van der Waals surface area contributed by atoms with Gasteiger partial charge < -0.3 is 5.32 Å². The fraction of sp³-hybridized carbons (Fsp3) is 0.250. The van der Waals surface area contributed by atoms with Gasteiger partial charge in [0.15, 0.2) is 6.19 Å². The van der Waals surface area contributed by atoms with Crippen molar-refractivity contribution in [2.75, 3.05) is 0 Å². The monoisotopic (exact) mass is 333 g/mol. The van der Waals surface area contributed by atoms with Crippen LogP contribution in [-0.4, -0.2) is 16.7 Å². The van der Waals surface area contributed by atoms with E-state index in [0.717, 1.165) is 11.1 Å². The van der Waals surface area contributed by atoms with E-state index in [4.69, 9.17) is 5.26 Å². The molecule has 0 aliphatic carbocycles. The van der Waals surface area contributed by atoms with Gasteiger partial charge in [0.05, 0.1) is 23.7 Å². The molecule has 0 spiro atoms. The average molecular weight is 333 g/mol. The van der Waals surface area contributed by atoms with Crippen LogP contribution in [0.4, 0.5) is 0 Å². The fourth-order valence-corrected chi connectivity index (χ4v) is 3.10. The van der Waals surface area contributed by atoms with Gasteiger partial charge in [0.25, 0.3) is 11.8 Å². The summed E-state index contributed by atoms with van der Waals surface area (Å²) in [6, 6.07) is 14.5. The van der Waals surface area contributed by atoms with E-state index in [2.05, 4.69) is 5.32 Å². The van der Waals surface area contributed by atoms with Gasteiger partial charge in [0, 0.05) is 0 Å². The number of benzene rings is 2. The topological polar surface area (TPSA) is 73.2 Å². The second-order valence-electron chi connectivity index (χ2n) is 6.46. The summed E-state index contributed by atoms with van der Waals surface area (Å²) in [6.07, 6.45) is 2.00. The molecule has 2 amide bonds. The third kappa shape index (κ3) is 3.11. The molecule has 1 aliphatic rings. The number of carbonyl (C=O) groups is 2. The molecule has 3 rings (SSSR count). The van der Waals surface area contributed by atoms with Gasteiger partial charge in [-0.3, -0.25) is 14.5 Å². The lowest BCUT2D eigenvalue weighted by molar-refractivity contribution is 0.0642. The number of fused-ring (bicyclic) bond motifs is 1. The van der Waals surface area contributed by atoms with Crippen LogP contribution in [0, 0.1) is 17.4 Å². The van der Waals surface area contributed by atoms with Gasteiger partial charge in [-0.15, -0.1) is 0 Å². The molecule has 1 unspecified atom stereocenters. The maximum absolute atomic E-state index is 12.4. The molecule has 0 saturated carbocycles. The molecular weight excluding hydrogens is 314 g/mol. The summed E-state index contributed by atoms with van der Waals surface area (Å²) in [4.78, 5) is 26.1. The number of rotatable bonds is 5. The summed E-state index contributed by atoms with van der Waals surface area (Å²) in [6.45, 7) is 4.33. The van der Waals surface area contributed by atoms with E-state index in [1.54, 1.807) is 24.3 Å². The minimum absolute atomic E-state index is 0.0571. The first kappa shape index (κ1) is 16.7. The number of hydrogen-bond acceptors (Lipinski definition) is 4. The maximum Gasteiger partial charge on any atom is 0.261 e. The second-order valence-corrected chi connectivity index (χ2v) is 6.46. The van der Waals surface area contributed by atoms with Gasteiger partial charge in [0.2, 0.25) is 0 Å². The molecule has 1 atom stereocenters. The van der Waals surface area contributed by atoms with Crippen LogP contribution in [-0.2, 0) is 6.54 Å². The highest BCUT2D eigenvalue weighted by atomic mass is 16.2. The van der Waals surface area contributed by atoms with Crippen molar-refractivity contribution in [3.63, 3.8) is 0 Å². The lowest BCUT2D eigenvalue weighted by atomic mass is 9.95. The molecule has 0 bridgehead atoms. The van der Waals surface area contributed by atoms with Crippen LogP contribution in [0.25, 0.3) is 0 Å². The smallest absolute Gasteiger partial charge is 0.261 e. The van der Waals surface area contributed by atoms with Crippen LogP contribution in [0.5, 0.6) is 0 Å². The Bertz CT molecular complexity index is 815.